The van der Waals surface area contributed by atoms with Gasteiger partial charge in [-0.15, -0.1) is 0 Å². The van der Waals surface area contributed by atoms with Gasteiger partial charge in [0.2, 0.25) is 0 Å². The van der Waals surface area contributed by atoms with Gasteiger partial charge in [-0.2, -0.15) is 0 Å². The largest absolute Gasteiger partial charge is 0.457 e. The molecule has 4 aromatic rings. The van der Waals surface area contributed by atoms with Crippen LogP contribution in [-0.2, 0) is 0 Å². The van der Waals surface area contributed by atoms with Crippen molar-refractivity contribution in [3.8, 4) is 23.0 Å². The number of hydrogen-bond donors (Lipinski definition) is 3. The first-order valence-electron chi connectivity index (χ1n) is 12.9. The van der Waals surface area contributed by atoms with Crippen molar-refractivity contribution in [2.24, 2.45) is 4.99 Å². The summed E-state index contributed by atoms with van der Waals surface area (Å²) < 4.78 is 11.1. The Morgan fingerprint density at radius 1 is 0.795 bits per heavy atom. The van der Waals surface area contributed by atoms with Gasteiger partial charge in [0.05, 0.1) is 27.7 Å². The SMILES string of the molecule is CCO.CN=Cc1cc(Oc2ccc(NC)c([N+](=O)[O-])c2)ccn1.CNc1ccc(Oc2ccnc(C=O)c2)cc1[N+](=O)[O-]. The molecule has 2 heterocycles. The predicted octanol–water partition coefficient (Wildman–Crippen LogP) is 5.51. The number of hydrogen-bond acceptors (Lipinski definition) is 13. The number of carbonyl (C=O) groups excluding carboxylic acids is 1. The fraction of sp³-hybridized carbons (Fsp3) is 0.172. The van der Waals surface area contributed by atoms with E-state index in [0.29, 0.717) is 46.4 Å². The van der Waals surface area contributed by atoms with Gasteiger partial charge in [0, 0.05) is 58.5 Å². The van der Waals surface area contributed by atoms with Gasteiger partial charge in [0.1, 0.15) is 40.1 Å². The lowest BCUT2D eigenvalue weighted by Crippen LogP contribution is -1.97. The number of benzene rings is 2. The second-order valence-corrected chi connectivity index (χ2v) is 8.23. The first-order chi connectivity index (χ1) is 21.2. The van der Waals surface area contributed by atoms with Crippen LogP contribution in [0.25, 0.3) is 0 Å². The smallest absolute Gasteiger partial charge is 0.296 e. The Morgan fingerprint density at radius 2 is 1.20 bits per heavy atom. The van der Waals surface area contributed by atoms with Crippen LogP contribution in [-0.4, -0.2) is 65.2 Å². The van der Waals surface area contributed by atoms with E-state index in [0.717, 1.165) is 0 Å². The maximum Gasteiger partial charge on any atom is 0.296 e. The highest BCUT2D eigenvalue weighted by Crippen LogP contribution is 2.32. The van der Waals surface area contributed by atoms with E-state index in [1.807, 2.05) is 0 Å². The van der Waals surface area contributed by atoms with Crippen molar-refractivity contribution < 1.29 is 29.2 Å². The van der Waals surface area contributed by atoms with Crippen LogP contribution in [0.5, 0.6) is 23.0 Å². The lowest BCUT2D eigenvalue weighted by Gasteiger charge is -2.08. The number of aldehydes is 1. The van der Waals surface area contributed by atoms with Crippen LogP contribution in [0.3, 0.4) is 0 Å². The minimum atomic E-state index is -0.498. The number of aliphatic hydroxyl groups is 1. The van der Waals surface area contributed by atoms with Crippen LogP contribution in [0, 0.1) is 20.2 Å². The standard InChI is InChI=1S/C14H14N4O3.C13H11N3O4.C2H6O/c1-15-9-10-7-12(5-6-17-10)21-11-3-4-13(16-2)14(8-11)18(19)20;1-14-12-3-2-10(7-13(12)16(18)19)20-11-4-5-15-9(6-11)8-17;1-2-3/h3-9,16H,1-2H3;2-8,14H,1H3;3H,2H2,1H3. The highest BCUT2D eigenvalue weighted by molar-refractivity contribution is 5.77. The first kappa shape index (κ1) is 34.2. The van der Waals surface area contributed by atoms with Gasteiger partial charge in [-0.1, -0.05) is 0 Å². The first-order valence-corrected chi connectivity index (χ1v) is 12.9. The summed E-state index contributed by atoms with van der Waals surface area (Å²) in [6, 6.07) is 15.5. The summed E-state index contributed by atoms with van der Waals surface area (Å²) in [6.45, 7) is 1.93. The van der Waals surface area contributed by atoms with Crippen LogP contribution >= 0.6 is 0 Å². The predicted molar refractivity (Wildman–Crippen MR) is 166 cm³/mol. The molecule has 0 aliphatic heterocycles. The second-order valence-electron chi connectivity index (χ2n) is 8.23. The molecule has 0 bridgehead atoms. The summed E-state index contributed by atoms with van der Waals surface area (Å²) in [5.74, 6) is 1.60. The summed E-state index contributed by atoms with van der Waals surface area (Å²) >= 11 is 0. The van der Waals surface area contributed by atoms with E-state index in [4.69, 9.17) is 14.6 Å². The molecule has 0 aliphatic rings. The number of anilines is 2. The number of pyridine rings is 2. The van der Waals surface area contributed by atoms with E-state index >= 15 is 0 Å². The van der Waals surface area contributed by atoms with Crippen molar-refractivity contribution >= 4 is 35.3 Å². The molecule has 0 spiro atoms. The molecule has 2 aromatic heterocycles. The summed E-state index contributed by atoms with van der Waals surface area (Å²) in [4.78, 5) is 43.4. The molecular formula is C29H31N7O8. The maximum atomic E-state index is 11.0. The van der Waals surface area contributed by atoms with E-state index in [1.165, 1.54) is 24.4 Å². The van der Waals surface area contributed by atoms with Crippen LogP contribution < -0.4 is 20.1 Å². The molecule has 4 rings (SSSR count). The number of aromatic nitrogens is 2. The Bertz CT molecular complexity index is 1600. The van der Waals surface area contributed by atoms with Crippen molar-refractivity contribution in [1.29, 1.82) is 0 Å². The molecule has 44 heavy (non-hydrogen) atoms. The fourth-order valence-corrected chi connectivity index (χ4v) is 3.40. The summed E-state index contributed by atoms with van der Waals surface area (Å²) in [7, 11) is 4.87. The third kappa shape index (κ3) is 10.5. The molecular weight excluding hydrogens is 574 g/mol. The van der Waals surface area contributed by atoms with Gasteiger partial charge in [0.15, 0.2) is 6.29 Å². The Hall–Kier alpha value is -5.96. The number of aliphatic imine (C=N–C) groups is 1. The molecule has 230 valence electrons. The molecule has 15 nitrogen and oxygen atoms in total. The number of carbonyl (C=O) groups is 1. The van der Waals surface area contributed by atoms with E-state index in [9.17, 15) is 25.0 Å². The lowest BCUT2D eigenvalue weighted by atomic mass is 10.2. The maximum absolute atomic E-state index is 11.0. The van der Waals surface area contributed by atoms with Gasteiger partial charge in [-0.25, -0.2) is 0 Å². The number of nitro benzene ring substituents is 2. The van der Waals surface area contributed by atoms with Crippen molar-refractivity contribution in [3.05, 3.63) is 105 Å². The normalized spacial score (nSPS) is 9.93. The minimum Gasteiger partial charge on any atom is -0.457 e. The van der Waals surface area contributed by atoms with Crippen molar-refractivity contribution in [2.45, 2.75) is 6.92 Å². The van der Waals surface area contributed by atoms with E-state index in [-0.39, 0.29) is 23.7 Å². The molecule has 0 saturated heterocycles. The molecule has 0 atom stereocenters. The average molecular weight is 606 g/mol. The number of aliphatic hydroxyl groups excluding tert-OH is 1. The zero-order valence-corrected chi connectivity index (χ0v) is 24.3. The minimum absolute atomic E-state index is 0.0422. The van der Waals surface area contributed by atoms with Crippen molar-refractivity contribution in [3.63, 3.8) is 0 Å². The van der Waals surface area contributed by atoms with Crippen LogP contribution in [0.4, 0.5) is 22.7 Å². The third-order valence-electron chi connectivity index (χ3n) is 5.23. The molecule has 15 heteroatoms. The highest BCUT2D eigenvalue weighted by atomic mass is 16.6. The third-order valence-corrected chi connectivity index (χ3v) is 5.23. The summed E-state index contributed by atoms with van der Waals surface area (Å²) in [5.41, 5.74) is 1.57. The van der Waals surface area contributed by atoms with E-state index in [1.54, 1.807) is 82.9 Å². The number of nitrogens with one attached hydrogen (secondary N) is 2. The molecule has 0 radical (unpaired) electrons. The van der Waals surface area contributed by atoms with Gasteiger partial charge < -0.3 is 25.2 Å². The van der Waals surface area contributed by atoms with Gasteiger partial charge in [-0.3, -0.25) is 40.0 Å². The number of ether oxygens (including phenoxy) is 2. The fourth-order valence-electron chi connectivity index (χ4n) is 3.40. The molecule has 3 N–H and O–H groups in total. The van der Waals surface area contributed by atoms with Crippen LogP contribution in [0.1, 0.15) is 23.1 Å². The Labute approximate surface area is 252 Å². The monoisotopic (exact) mass is 605 g/mol. The van der Waals surface area contributed by atoms with Gasteiger partial charge >= 0.3 is 0 Å². The van der Waals surface area contributed by atoms with E-state index < -0.39 is 9.85 Å². The van der Waals surface area contributed by atoms with Crippen molar-refractivity contribution in [2.75, 3.05) is 38.4 Å². The van der Waals surface area contributed by atoms with Gasteiger partial charge in [0.25, 0.3) is 11.4 Å². The van der Waals surface area contributed by atoms with Gasteiger partial charge in [-0.05, 0) is 43.3 Å². The van der Waals surface area contributed by atoms with Crippen molar-refractivity contribution in [1.82, 2.24) is 9.97 Å². The average Bonchev–Trinajstić information content (AvgIpc) is 3.02. The Kier molecular flexibility index (Phi) is 13.8. The lowest BCUT2D eigenvalue weighted by molar-refractivity contribution is -0.384. The summed E-state index contributed by atoms with van der Waals surface area (Å²) in [6.07, 6.45) is 5.21. The zero-order chi connectivity index (χ0) is 32.5. The Morgan fingerprint density at radius 3 is 1.59 bits per heavy atom. The summed E-state index contributed by atoms with van der Waals surface area (Å²) in [5, 5.41) is 35.0. The van der Waals surface area contributed by atoms with Crippen LogP contribution in [0.15, 0.2) is 78.0 Å². The van der Waals surface area contributed by atoms with Crippen LogP contribution in [0.2, 0.25) is 0 Å². The molecule has 0 fully saturated rings. The molecule has 0 amide bonds. The quantitative estimate of drug-likeness (QED) is 0.0886. The topological polar surface area (TPSA) is 204 Å². The number of nitro groups is 2. The Balaban J connectivity index is 0.000000282. The molecule has 0 saturated carbocycles. The highest BCUT2D eigenvalue weighted by Gasteiger charge is 2.15. The number of nitrogens with zero attached hydrogens (tertiary/aromatic N) is 5. The molecule has 2 aromatic carbocycles. The van der Waals surface area contributed by atoms with E-state index in [2.05, 4.69) is 25.6 Å². The molecule has 0 unspecified atom stereocenters. The number of rotatable bonds is 10. The zero-order valence-electron chi connectivity index (χ0n) is 24.3. The second kappa shape index (κ2) is 17.8. The molecule has 0 aliphatic carbocycles.